The molecule has 0 aliphatic carbocycles. The lowest BCUT2D eigenvalue weighted by atomic mass is 10.2. The number of aromatic nitrogens is 2. The van der Waals surface area contributed by atoms with Crippen molar-refractivity contribution in [3.63, 3.8) is 0 Å². The minimum absolute atomic E-state index is 0.362. The van der Waals surface area contributed by atoms with Crippen LogP contribution >= 0.6 is 11.6 Å². The molecule has 0 bridgehead atoms. The largest absolute Gasteiger partial charge is 0.486 e. The molecule has 0 saturated heterocycles. The van der Waals surface area contributed by atoms with Gasteiger partial charge in [-0.2, -0.15) is 0 Å². The Hall–Kier alpha value is -2.00. The van der Waals surface area contributed by atoms with E-state index in [1.807, 2.05) is 48.5 Å². The van der Waals surface area contributed by atoms with Gasteiger partial charge in [0.25, 0.3) is 0 Å². The summed E-state index contributed by atoms with van der Waals surface area (Å²) in [5.41, 5.74) is 2.02. The summed E-state index contributed by atoms with van der Waals surface area (Å²) in [6.45, 7) is 4.82. The Morgan fingerprint density at radius 1 is 1.18 bits per heavy atom. The second kappa shape index (κ2) is 6.41. The van der Waals surface area contributed by atoms with Crippen LogP contribution in [0.2, 0.25) is 5.02 Å². The lowest BCUT2D eigenvalue weighted by molar-refractivity contribution is 0.286. The highest BCUT2D eigenvalue weighted by atomic mass is 35.5. The smallest absolute Gasteiger partial charge is 0.148 e. The summed E-state index contributed by atoms with van der Waals surface area (Å²) in [4.78, 5) is 4.71. The first-order valence-corrected chi connectivity index (χ1v) is 7.91. The van der Waals surface area contributed by atoms with Crippen molar-refractivity contribution in [1.82, 2.24) is 9.55 Å². The van der Waals surface area contributed by atoms with E-state index in [0.29, 0.717) is 17.7 Å². The number of halogens is 1. The monoisotopic (exact) mass is 314 g/mol. The molecule has 4 heteroatoms. The molecule has 0 saturated carbocycles. The number of hydrogen-bond donors (Lipinski definition) is 0. The number of fused-ring (bicyclic) bond motifs is 1. The standard InChI is InChI=1S/C18H19ClN2O/c1-3-13(2)21-17-10-9-14(19)11-16(17)20-18(21)12-22-15-7-5-4-6-8-15/h4-11,13H,3,12H2,1-2H3. The van der Waals surface area contributed by atoms with Gasteiger partial charge in [-0.3, -0.25) is 0 Å². The normalized spacial score (nSPS) is 12.5. The van der Waals surface area contributed by atoms with Crippen molar-refractivity contribution in [1.29, 1.82) is 0 Å². The van der Waals surface area contributed by atoms with Crippen molar-refractivity contribution in [2.45, 2.75) is 32.9 Å². The average Bonchev–Trinajstić information content (AvgIpc) is 2.90. The molecule has 1 aromatic heterocycles. The topological polar surface area (TPSA) is 27.1 Å². The minimum Gasteiger partial charge on any atom is -0.486 e. The fraction of sp³-hybridized carbons (Fsp3) is 0.278. The molecular weight excluding hydrogens is 296 g/mol. The Morgan fingerprint density at radius 2 is 1.95 bits per heavy atom. The SMILES string of the molecule is CCC(C)n1c(COc2ccccc2)nc2cc(Cl)ccc21. The van der Waals surface area contributed by atoms with E-state index in [-0.39, 0.29) is 0 Å². The van der Waals surface area contributed by atoms with E-state index in [1.165, 1.54) is 0 Å². The van der Waals surface area contributed by atoms with Crippen LogP contribution in [0, 0.1) is 0 Å². The quantitative estimate of drug-likeness (QED) is 0.644. The minimum atomic E-state index is 0.362. The zero-order valence-electron chi connectivity index (χ0n) is 12.8. The van der Waals surface area contributed by atoms with Gasteiger partial charge in [0.15, 0.2) is 0 Å². The van der Waals surface area contributed by atoms with Crippen molar-refractivity contribution in [2.75, 3.05) is 0 Å². The fourth-order valence-electron chi connectivity index (χ4n) is 2.56. The molecule has 0 amide bonds. The lowest BCUT2D eigenvalue weighted by Gasteiger charge is -2.16. The Morgan fingerprint density at radius 3 is 2.68 bits per heavy atom. The van der Waals surface area contributed by atoms with Crippen LogP contribution in [-0.4, -0.2) is 9.55 Å². The van der Waals surface area contributed by atoms with Gasteiger partial charge in [0.1, 0.15) is 18.2 Å². The van der Waals surface area contributed by atoms with E-state index in [2.05, 4.69) is 18.4 Å². The molecule has 1 atom stereocenters. The van der Waals surface area contributed by atoms with E-state index < -0.39 is 0 Å². The van der Waals surface area contributed by atoms with Crippen LogP contribution in [0.5, 0.6) is 5.75 Å². The van der Waals surface area contributed by atoms with Crippen molar-refractivity contribution in [3.05, 3.63) is 59.4 Å². The highest BCUT2D eigenvalue weighted by Crippen LogP contribution is 2.26. The van der Waals surface area contributed by atoms with Crippen LogP contribution in [0.1, 0.15) is 32.1 Å². The van der Waals surface area contributed by atoms with E-state index in [9.17, 15) is 0 Å². The highest BCUT2D eigenvalue weighted by Gasteiger charge is 2.15. The van der Waals surface area contributed by atoms with Crippen LogP contribution in [-0.2, 0) is 6.61 Å². The van der Waals surface area contributed by atoms with Gasteiger partial charge in [-0.05, 0) is 43.7 Å². The van der Waals surface area contributed by atoms with Gasteiger partial charge in [0.2, 0.25) is 0 Å². The molecule has 1 heterocycles. The van der Waals surface area contributed by atoms with Gasteiger partial charge >= 0.3 is 0 Å². The number of para-hydroxylation sites is 1. The maximum Gasteiger partial charge on any atom is 0.148 e. The summed E-state index contributed by atoms with van der Waals surface area (Å²) in [5, 5.41) is 0.705. The maximum absolute atomic E-state index is 6.09. The van der Waals surface area contributed by atoms with E-state index in [4.69, 9.17) is 21.3 Å². The summed E-state index contributed by atoms with van der Waals surface area (Å²) in [6.07, 6.45) is 1.03. The van der Waals surface area contributed by atoms with Crippen molar-refractivity contribution in [2.24, 2.45) is 0 Å². The summed E-state index contributed by atoms with van der Waals surface area (Å²) < 4.78 is 8.12. The van der Waals surface area contributed by atoms with Gasteiger partial charge in [0, 0.05) is 11.1 Å². The Bertz CT molecular complexity index is 767. The van der Waals surface area contributed by atoms with Crippen molar-refractivity contribution in [3.8, 4) is 5.75 Å². The molecule has 1 unspecified atom stereocenters. The molecule has 0 fully saturated rings. The lowest BCUT2D eigenvalue weighted by Crippen LogP contribution is -2.11. The first-order chi connectivity index (χ1) is 10.7. The summed E-state index contributed by atoms with van der Waals surface area (Å²) in [7, 11) is 0. The van der Waals surface area contributed by atoms with Gasteiger partial charge in [0.05, 0.1) is 11.0 Å². The molecule has 0 spiro atoms. The van der Waals surface area contributed by atoms with E-state index >= 15 is 0 Å². The Balaban J connectivity index is 1.96. The molecule has 0 aliphatic heterocycles. The van der Waals surface area contributed by atoms with Gasteiger partial charge < -0.3 is 9.30 Å². The molecule has 0 aliphatic rings. The van der Waals surface area contributed by atoms with Gasteiger partial charge in [-0.1, -0.05) is 36.7 Å². The molecular formula is C18H19ClN2O. The van der Waals surface area contributed by atoms with Gasteiger partial charge in [-0.15, -0.1) is 0 Å². The summed E-state index contributed by atoms with van der Waals surface area (Å²) in [6, 6.07) is 16.0. The average molecular weight is 315 g/mol. The zero-order chi connectivity index (χ0) is 15.5. The number of nitrogens with zero attached hydrogens (tertiary/aromatic N) is 2. The number of ether oxygens (including phenoxy) is 1. The first-order valence-electron chi connectivity index (χ1n) is 7.53. The third-order valence-corrected chi connectivity index (χ3v) is 4.10. The molecule has 0 radical (unpaired) electrons. The molecule has 0 N–H and O–H groups in total. The van der Waals surface area contributed by atoms with Crippen LogP contribution in [0.4, 0.5) is 0 Å². The van der Waals surface area contributed by atoms with Crippen molar-refractivity contribution < 1.29 is 4.74 Å². The molecule has 3 aromatic rings. The first kappa shape index (κ1) is 14.9. The number of hydrogen-bond acceptors (Lipinski definition) is 2. The Kier molecular flexibility index (Phi) is 4.34. The molecule has 22 heavy (non-hydrogen) atoms. The van der Waals surface area contributed by atoms with Crippen LogP contribution < -0.4 is 4.74 Å². The second-order valence-corrected chi connectivity index (χ2v) is 5.83. The zero-order valence-corrected chi connectivity index (χ0v) is 13.5. The molecule has 3 rings (SSSR count). The number of rotatable bonds is 5. The maximum atomic E-state index is 6.09. The highest BCUT2D eigenvalue weighted by molar-refractivity contribution is 6.31. The number of imidazole rings is 1. The summed E-state index contributed by atoms with van der Waals surface area (Å²) in [5.74, 6) is 1.78. The van der Waals surface area contributed by atoms with E-state index in [0.717, 1.165) is 29.0 Å². The number of benzene rings is 2. The fourth-order valence-corrected chi connectivity index (χ4v) is 2.73. The van der Waals surface area contributed by atoms with Crippen LogP contribution in [0.25, 0.3) is 11.0 Å². The third-order valence-electron chi connectivity index (χ3n) is 3.87. The predicted octanol–water partition coefficient (Wildman–Crippen LogP) is 5.24. The molecule has 3 nitrogen and oxygen atoms in total. The third kappa shape index (κ3) is 2.95. The molecule has 114 valence electrons. The van der Waals surface area contributed by atoms with Crippen LogP contribution in [0.3, 0.4) is 0 Å². The van der Waals surface area contributed by atoms with Crippen molar-refractivity contribution >= 4 is 22.6 Å². The second-order valence-electron chi connectivity index (χ2n) is 5.39. The predicted molar refractivity (Wildman–Crippen MR) is 90.5 cm³/mol. The van der Waals surface area contributed by atoms with Crippen LogP contribution in [0.15, 0.2) is 48.5 Å². The molecule has 2 aromatic carbocycles. The van der Waals surface area contributed by atoms with E-state index in [1.54, 1.807) is 0 Å². The van der Waals surface area contributed by atoms with Gasteiger partial charge in [-0.25, -0.2) is 4.98 Å². The summed E-state index contributed by atoms with van der Waals surface area (Å²) >= 11 is 6.09. The Labute approximate surface area is 135 Å².